The molecule has 4 rings (SSSR count). The smallest absolute Gasteiger partial charge is 0.267 e. The van der Waals surface area contributed by atoms with E-state index in [2.05, 4.69) is 0 Å². The average Bonchev–Trinajstić information content (AvgIpc) is 3.01. The van der Waals surface area contributed by atoms with Gasteiger partial charge in [-0.2, -0.15) is 0 Å². The van der Waals surface area contributed by atoms with Crippen molar-refractivity contribution in [3.05, 3.63) is 50.1 Å². The summed E-state index contributed by atoms with van der Waals surface area (Å²) in [6.07, 6.45) is 4.30. The Balaban J connectivity index is 2.02. The Morgan fingerprint density at radius 3 is 2.81 bits per heavy atom. The third-order valence-electron chi connectivity index (χ3n) is 4.97. The van der Waals surface area contributed by atoms with Gasteiger partial charge in [-0.1, -0.05) is 23.9 Å². The van der Waals surface area contributed by atoms with Crippen molar-refractivity contribution in [1.82, 2.24) is 9.55 Å². The van der Waals surface area contributed by atoms with E-state index >= 15 is 0 Å². The lowest BCUT2D eigenvalue weighted by Crippen LogP contribution is -2.23. The molecule has 1 aliphatic carbocycles. The van der Waals surface area contributed by atoms with Gasteiger partial charge in [0.05, 0.1) is 16.8 Å². The third kappa shape index (κ3) is 3.36. The Kier molecular flexibility index (Phi) is 4.95. The monoisotopic (exact) mass is 398 g/mol. The minimum absolute atomic E-state index is 0.000785. The summed E-state index contributed by atoms with van der Waals surface area (Å²) in [7, 11) is 0. The van der Waals surface area contributed by atoms with Gasteiger partial charge in [0.15, 0.2) is 5.16 Å². The number of ketones is 1. The van der Waals surface area contributed by atoms with Gasteiger partial charge in [0, 0.05) is 4.88 Å². The van der Waals surface area contributed by atoms with Crippen LogP contribution in [0.25, 0.3) is 15.9 Å². The first-order valence-corrected chi connectivity index (χ1v) is 11.0. The van der Waals surface area contributed by atoms with Gasteiger partial charge in [-0.15, -0.1) is 11.3 Å². The second kappa shape index (κ2) is 7.24. The fourth-order valence-corrected chi connectivity index (χ4v) is 5.73. The number of thioether (sulfide) groups is 1. The van der Waals surface area contributed by atoms with Crippen LogP contribution in [0.3, 0.4) is 0 Å². The lowest BCUT2D eigenvalue weighted by Gasteiger charge is -2.15. The van der Waals surface area contributed by atoms with Crippen molar-refractivity contribution in [1.29, 1.82) is 0 Å². The molecule has 0 unspecified atom stereocenters. The van der Waals surface area contributed by atoms with Crippen LogP contribution in [0.4, 0.5) is 0 Å². The van der Waals surface area contributed by atoms with Crippen molar-refractivity contribution >= 4 is 39.1 Å². The summed E-state index contributed by atoms with van der Waals surface area (Å²) in [5.74, 6) is 0.390. The minimum Gasteiger partial charge on any atom is -0.299 e. The van der Waals surface area contributed by atoms with Crippen molar-refractivity contribution in [3.63, 3.8) is 0 Å². The van der Waals surface area contributed by atoms with Gasteiger partial charge in [0.25, 0.3) is 5.56 Å². The fraction of sp³-hybridized carbons (Fsp3) is 0.381. The van der Waals surface area contributed by atoms with Crippen LogP contribution in [0.2, 0.25) is 0 Å². The van der Waals surface area contributed by atoms with Gasteiger partial charge in [-0.3, -0.25) is 14.2 Å². The molecule has 1 aliphatic rings. The van der Waals surface area contributed by atoms with E-state index < -0.39 is 0 Å². The molecule has 0 spiro atoms. The Bertz CT molecular complexity index is 1110. The van der Waals surface area contributed by atoms with Gasteiger partial charge in [-0.05, 0) is 69.2 Å². The minimum atomic E-state index is -0.000785. The predicted molar refractivity (Wildman–Crippen MR) is 113 cm³/mol. The predicted octanol–water partition coefficient (Wildman–Crippen LogP) is 4.62. The van der Waals surface area contributed by atoms with Crippen molar-refractivity contribution in [2.24, 2.45) is 0 Å². The molecule has 2 aromatic heterocycles. The van der Waals surface area contributed by atoms with E-state index in [1.807, 2.05) is 32.0 Å². The SMILES string of the molecule is CC(=O)CSc1nc2sc3c(c2c(=O)n1-c1cc(C)ccc1C)CCCC3. The van der Waals surface area contributed by atoms with Crippen LogP contribution in [0.5, 0.6) is 0 Å². The molecule has 1 aromatic carbocycles. The molecule has 0 N–H and O–H groups in total. The fourth-order valence-electron chi connectivity index (χ4n) is 3.62. The molecule has 0 bridgehead atoms. The van der Waals surface area contributed by atoms with Gasteiger partial charge in [0.1, 0.15) is 10.6 Å². The summed E-state index contributed by atoms with van der Waals surface area (Å²) in [6.45, 7) is 5.60. The number of rotatable bonds is 4. The van der Waals surface area contributed by atoms with E-state index in [-0.39, 0.29) is 11.3 Å². The van der Waals surface area contributed by atoms with Crippen molar-refractivity contribution in [2.45, 2.75) is 51.6 Å². The molecule has 0 fully saturated rings. The van der Waals surface area contributed by atoms with Crippen LogP contribution in [-0.4, -0.2) is 21.1 Å². The maximum atomic E-state index is 13.6. The second-order valence-corrected chi connectivity index (χ2v) is 9.23. The number of fused-ring (bicyclic) bond motifs is 3. The first-order chi connectivity index (χ1) is 13.0. The zero-order valence-electron chi connectivity index (χ0n) is 15.8. The molecule has 0 saturated heterocycles. The molecular weight excluding hydrogens is 376 g/mol. The maximum Gasteiger partial charge on any atom is 0.267 e. The molecule has 0 atom stereocenters. The number of carbonyl (C=O) groups excluding carboxylic acids is 1. The summed E-state index contributed by atoms with van der Waals surface area (Å²) in [5.41, 5.74) is 4.17. The van der Waals surface area contributed by atoms with E-state index in [0.717, 1.165) is 46.3 Å². The highest BCUT2D eigenvalue weighted by molar-refractivity contribution is 7.99. The maximum absolute atomic E-state index is 13.6. The summed E-state index contributed by atoms with van der Waals surface area (Å²) in [6, 6.07) is 6.11. The van der Waals surface area contributed by atoms with E-state index in [0.29, 0.717) is 10.9 Å². The van der Waals surface area contributed by atoms with E-state index in [4.69, 9.17) is 4.98 Å². The number of hydrogen-bond acceptors (Lipinski definition) is 5. The van der Waals surface area contributed by atoms with Crippen LogP contribution in [0.15, 0.2) is 28.2 Å². The summed E-state index contributed by atoms with van der Waals surface area (Å²) in [5, 5.41) is 1.39. The number of carbonyl (C=O) groups is 1. The Labute approximate surface area is 166 Å². The number of Topliss-reactive ketones (excluding diaryl/α,β-unsaturated/α-hetero) is 1. The molecule has 27 heavy (non-hydrogen) atoms. The Morgan fingerprint density at radius 1 is 1.26 bits per heavy atom. The van der Waals surface area contributed by atoms with Crippen LogP contribution >= 0.6 is 23.1 Å². The highest BCUT2D eigenvalue weighted by Crippen LogP contribution is 2.35. The standard InChI is InChI=1S/C21H22N2O2S2/c1-12-8-9-13(2)16(10-12)23-20(25)18-15-6-4-5-7-17(15)27-19(18)22-21(23)26-11-14(3)24/h8-10H,4-7,11H2,1-3H3. The summed E-state index contributed by atoms with van der Waals surface area (Å²) in [4.78, 5) is 32.2. The van der Waals surface area contributed by atoms with Crippen molar-refractivity contribution in [2.75, 3.05) is 5.75 Å². The van der Waals surface area contributed by atoms with Gasteiger partial charge in [0.2, 0.25) is 0 Å². The largest absolute Gasteiger partial charge is 0.299 e. The molecule has 0 aliphatic heterocycles. The summed E-state index contributed by atoms with van der Waals surface area (Å²) < 4.78 is 1.72. The van der Waals surface area contributed by atoms with Crippen LogP contribution < -0.4 is 5.56 Å². The zero-order valence-corrected chi connectivity index (χ0v) is 17.4. The number of nitrogens with zero attached hydrogens (tertiary/aromatic N) is 2. The molecule has 0 radical (unpaired) electrons. The zero-order chi connectivity index (χ0) is 19.1. The lowest BCUT2D eigenvalue weighted by atomic mass is 9.97. The Hall–Kier alpha value is -1.92. The molecule has 2 heterocycles. The molecule has 4 nitrogen and oxygen atoms in total. The lowest BCUT2D eigenvalue weighted by molar-refractivity contribution is -0.114. The van der Waals surface area contributed by atoms with E-state index in [9.17, 15) is 9.59 Å². The highest BCUT2D eigenvalue weighted by atomic mass is 32.2. The molecular formula is C21H22N2O2S2. The van der Waals surface area contributed by atoms with Gasteiger partial charge >= 0.3 is 0 Å². The number of benzene rings is 1. The Morgan fingerprint density at radius 2 is 2.04 bits per heavy atom. The number of aromatic nitrogens is 2. The molecule has 6 heteroatoms. The first-order valence-electron chi connectivity index (χ1n) is 9.23. The number of aryl methyl sites for hydroxylation is 4. The summed E-state index contributed by atoms with van der Waals surface area (Å²) >= 11 is 3.00. The highest BCUT2D eigenvalue weighted by Gasteiger charge is 2.23. The van der Waals surface area contributed by atoms with Crippen LogP contribution in [0, 0.1) is 13.8 Å². The molecule has 0 saturated carbocycles. The quantitative estimate of drug-likeness (QED) is 0.475. The van der Waals surface area contributed by atoms with E-state index in [1.54, 1.807) is 22.8 Å². The van der Waals surface area contributed by atoms with Crippen molar-refractivity contribution in [3.8, 4) is 5.69 Å². The van der Waals surface area contributed by atoms with Crippen molar-refractivity contribution < 1.29 is 4.79 Å². The average molecular weight is 399 g/mol. The van der Waals surface area contributed by atoms with E-state index in [1.165, 1.54) is 28.6 Å². The van der Waals surface area contributed by atoms with Gasteiger partial charge in [-0.25, -0.2) is 4.98 Å². The second-order valence-electron chi connectivity index (χ2n) is 7.21. The third-order valence-corrected chi connectivity index (χ3v) is 7.24. The molecule has 0 amide bonds. The normalized spacial score (nSPS) is 13.7. The van der Waals surface area contributed by atoms with Gasteiger partial charge < -0.3 is 0 Å². The van der Waals surface area contributed by atoms with Crippen LogP contribution in [-0.2, 0) is 17.6 Å². The molecule has 3 aromatic rings. The topological polar surface area (TPSA) is 52.0 Å². The number of thiophene rings is 1. The first kappa shape index (κ1) is 18.4. The van der Waals surface area contributed by atoms with Crippen LogP contribution in [0.1, 0.15) is 41.3 Å². The number of hydrogen-bond donors (Lipinski definition) is 0. The molecule has 140 valence electrons.